The van der Waals surface area contributed by atoms with Crippen LogP contribution in [0.4, 0.5) is 0 Å². The predicted molar refractivity (Wildman–Crippen MR) is 68.2 cm³/mol. The van der Waals surface area contributed by atoms with Crippen LogP contribution in [0.25, 0.3) is 0 Å². The highest BCUT2D eigenvalue weighted by molar-refractivity contribution is 9.10. The Labute approximate surface area is 109 Å². The summed E-state index contributed by atoms with van der Waals surface area (Å²) >= 11 is 3.20. The Morgan fingerprint density at radius 1 is 1.47 bits per heavy atom. The van der Waals surface area contributed by atoms with Crippen molar-refractivity contribution in [2.75, 3.05) is 5.75 Å². The van der Waals surface area contributed by atoms with Gasteiger partial charge in [-0.15, -0.1) is 0 Å². The molecular formula is C11H12BrNO3S. The molecule has 17 heavy (non-hydrogen) atoms. The summed E-state index contributed by atoms with van der Waals surface area (Å²) in [5.41, 5.74) is 0.202. The number of halogens is 1. The van der Waals surface area contributed by atoms with Crippen LogP contribution in [-0.4, -0.2) is 14.2 Å². The molecule has 1 rings (SSSR count). The Hall–Kier alpha value is -1.06. The Morgan fingerprint density at radius 3 is 2.76 bits per heavy atom. The topological polar surface area (TPSA) is 67.2 Å². The van der Waals surface area contributed by atoms with Crippen molar-refractivity contribution in [3.63, 3.8) is 0 Å². The van der Waals surface area contributed by atoms with E-state index in [1.165, 1.54) is 12.1 Å². The largest absolute Gasteiger partial charge is 0.381 e. The lowest BCUT2D eigenvalue weighted by atomic mass is 10.2. The van der Waals surface area contributed by atoms with Gasteiger partial charge in [0.25, 0.3) is 0 Å². The molecule has 0 fully saturated rings. The molecule has 0 bridgehead atoms. The van der Waals surface area contributed by atoms with Crippen molar-refractivity contribution >= 4 is 26.0 Å². The van der Waals surface area contributed by atoms with Gasteiger partial charge < -0.3 is 4.18 Å². The molecule has 0 aliphatic rings. The van der Waals surface area contributed by atoms with Crippen LogP contribution in [0.2, 0.25) is 0 Å². The van der Waals surface area contributed by atoms with E-state index in [2.05, 4.69) is 15.9 Å². The maximum atomic E-state index is 11.6. The van der Waals surface area contributed by atoms with Crippen LogP contribution in [0.15, 0.2) is 22.7 Å². The summed E-state index contributed by atoms with van der Waals surface area (Å²) in [5, 5.41) is 8.84. The average Bonchev–Trinajstić information content (AvgIpc) is 2.26. The average molecular weight is 318 g/mol. The second-order valence-corrected chi connectivity index (χ2v) is 6.06. The van der Waals surface area contributed by atoms with Crippen LogP contribution < -0.4 is 4.18 Å². The first-order chi connectivity index (χ1) is 7.98. The number of hydrogen-bond donors (Lipinski definition) is 0. The summed E-state index contributed by atoms with van der Waals surface area (Å²) in [6.45, 7) is 1.90. The molecule has 6 heteroatoms. The molecule has 92 valence electrons. The van der Waals surface area contributed by atoms with Crippen LogP contribution in [0.3, 0.4) is 0 Å². The van der Waals surface area contributed by atoms with Gasteiger partial charge in [-0.3, -0.25) is 0 Å². The minimum absolute atomic E-state index is 0.0408. The van der Waals surface area contributed by atoms with E-state index >= 15 is 0 Å². The van der Waals surface area contributed by atoms with Gasteiger partial charge in [0, 0.05) is 4.47 Å². The quantitative estimate of drug-likeness (QED) is 0.783. The minimum atomic E-state index is -3.62. The molecule has 0 aliphatic heterocycles. The van der Waals surface area contributed by atoms with Crippen LogP contribution in [0, 0.1) is 11.3 Å². The van der Waals surface area contributed by atoms with E-state index < -0.39 is 10.1 Å². The molecule has 4 nitrogen and oxygen atoms in total. The lowest BCUT2D eigenvalue weighted by molar-refractivity contribution is 0.483. The highest BCUT2D eigenvalue weighted by Crippen LogP contribution is 2.24. The number of rotatable bonds is 5. The fourth-order valence-electron chi connectivity index (χ4n) is 1.16. The summed E-state index contributed by atoms with van der Waals surface area (Å²) in [7, 11) is -3.62. The molecule has 0 saturated heterocycles. The highest BCUT2D eigenvalue weighted by atomic mass is 79.9. The maximum absolute atomic E-state index is 11.6. The molecule has 0 unspecified atom stereocenters. The van der Waals surface area contributed by atoms with Gasteiger partial charge in [-0.1, -0.05) is 29.3 Å². The van der Waals surface area contributed by atoms with E-state index in [0.29, 0.717) is 10.9 Å². The summed E-state index contributed by atoms with van der Waals surface area (Å²) in [5.74, 6) is 0.0268. The Balaban J connectivity index is 2.95. The number of nitrogens with zero attached hydrogens (tertiary/aromatic N) is 1. The van der Waals surface area contributed by atoms with Crippen LogP contribution >= 0.6 is 15.9 Å². The van der Waals surface area contributed by atoms with Crippen molar-refractivity contribution in [3.05, 3.63) is 28.2 Å². The molecule has 0 saturated carbocycles. The SMILES string of the molecule is CCCCS(=O)(=O)Oc1cc(Br)ccc1C#N. The first kappa shape index (κ1) is 14.0. The Kier molecular flexibility index (Phi) is 4.97. The smallest absolute Gasteiger partial charge is 0.309 e. The lowest BCUT2D eigenvalue weighted by Gasteiger charge is -2.08. The summed E-state index contributed by atoms with van der Waals surface area (Å²) in [4.78, 5) is 0. The van der Waals surface area contributed by atoms with Gasteiger partial charge in [-0.25, -0.2) is 0 Å². The van der Waals surface area contributed by atoms with Crippen LogP contribution in [-0.2, 0) is 10.1 Å². The third kappa shape index (κ3) is 4.36. The highest BCUT2D eigenvalue weighted by Gasteiger charge is 2.15. The summed E-state index contributed by atoms with van der Waals surface area (Å²) < 4.78 is 28.8. The fourth-order valence-corrected chi connectivity index (χ4v) is 2.63. The number of hydrogen-bond acceptors (Lipinski definition) is 4. The summed E-state index contributed by atoms with van der Waals surface area (Å²) in [6, 6.07) is 6.53. The third-order valence-electron chi connectivity index (χ3n) is 2.03. The molecule has 1 aromatic carbocycles. The predicted octanol–water partition coefficient (Wildman–Crippen LogP) is 2.83. The standard InChI is InChI=1S/C11H12BrNO3S/c1-2-3-6-17(14,15)16-11-7-10(12)5-4-9(11)8-13/h4-5,7H,2-3,6H2,1H3. The van der Waals surface area contributed by atoms with Crippen LogP contribution in [0.1, 0.15) is 25.3 Å². The second-order valence-electron chi connectivity index (χ2n) is 3.45. The maximum Gasteiger partial charge on any atom is 0.309 e. The van der Waals surface area contributed by atoms with Crippen molar-refractivity contribution in [1.82, 2.24) is 0 Å². The van der Waals surface area contributed by atoms with Gasteiger partial charge in [0.2, 0.25) is 0 Å². The second kappa shape index (κ2) is 6.03. The molecule has 0 heterocycles. The van der Waals surface area contributed by atoms with Crippen molar-refractivity contribution in [2.24, 2.45) is 0 Å². The van der Waals surface area contributed by atoms with Crippen molar-refractivity contribution < 1.29 is 12.6 Å². The molecule has 0 amide bonds. The normalized spacial score (nSPS) is 10.9. The van der Waals surface area contributed by atoms with Crippen molar-refractivity contribution in [2.45, 2.75) is 19.8 Å². The molecule has 0 spiro atoms. The minimum Gasteiger partial charge on any atom is -0.381 e. The van der Waals surface area contributed by atoms with Gasteiger partial charge in [-0.2, -0.15) is 13.7 Å². The zero-order chi connectivity index (χ0) is 12.9. The Bertz CT molecular complexity index is 534. The molecule has 0 aliphatic carbocycles. The van der Waals surface area contributed by atoms with E-state index in [-0.39, 0.29) is 17.1 Å². The molecule has 0 N–H and O–H groups in total. The van der Waals surface area contributed by atoms with E-state index in [9.17, 15) is 8.42 Å². The zero-order valence-electron chi connectivity index (χ0n) is 9.31. The molecular weight excluding hydrogens is 306 g/mol. The van der Waals surface area contributed by atoms with Crippen LogP contribution in [0.5, 0.6) is 5.75 Å². The molecule has 0 aromatic heterocycles. The first-order valence-electron chi connectivity index (χ1n) is 5.10. The first-order valence-corrected chi connectivity index (χ1v) is 7.47. The Morgan fingerprint density at radius 2 is 2.18 bits per heavy atom. The molecule has 0 radical (unpaired) electrons. The van der Waals surface area contributed by atoms with Gasteiger partial charge in [-0.05, 0) is 24.6 Å². The lowest BCUT2D eigenvalue weighted by Crippen LogP contribution is -2.14. The van der Waals surface area contributed by atoms with E-state index in [1.54, 1.807) is 6.07 Å². The number of nitriles is 1. The van der Waals surface area contributed by atoms with Gasteiger partial charge in [0.05, 0.1) is 11.3 Å². The van der Waals surface area contributed by atoms with Gasteiger partial charge >= 0.3 is 10.1 Å². The molecule has 1 aromatic rings. The number of unbranched alkanes of at least 4 members (excludes halogenated alkanes) is 1. The number of benzene rings is 1. The van der Waals surface area contributed by atoms with Crippen molar-refractivity contribution in [1.29, 1.82) is 5.26 Å². The monoisotopic (exact) mass is 317 g/mol. The van der Waals surface area contributed by atoms with E-state index in [4.69, 9.17) is 9.44 Å². The molecule has 0 atom stereocenters. The van der Waals surface area contributed by atoms with Crippen molar-refractivity contribution in [3.8, 4) is 11.8 Å². The third-order valence-corrected chi connectivity index (χ3v) is 3.74. The summed E-state index contributed by atoms with van der Waals surface area (Å²) in [6.07, 6.45) is 1.31. The van der Waals surface area contributed by atoms with Gasteiger partial charge in [0.1, 0.15) is 6.07 Å². The fraction of sp³-hybridized carbons (Fsp3) is 0.364. The zero-order valence-corrected chi connectivity index (χ0v) is 11.7. The van der Waals surface area contributed by atoms with Gasteiger partial charge in [0.15, 0.2) is 5.75 Å². The van der Waals surface area contributed by atoms with E-state index in [0.717, 1.165) is 6.42 Å². The van der Waals surface area contributed by atoms with E-state index in [1.807, 2.05) is 13.0 Å².